The number of fused-ring (bicyclic) bond motifs is 1. The van der Waals surface area contributed by atoms with Crippen molar-refractivity contribution in [1.29, 1.82) is 0 Å². The molecular weight excluding hydrogens is 351 g/mol. The first kappa shape index (κ1) is 17.9. The predicted molar refractivity (Wildman–Crippen MR) is 96.0 cm³/mol. The molecule has 6 nitrogen and oxygen atoms in total. The molecule has 2 heterocycles. The molecule has 1 aliphatic carbocycles. The van der Waals surface area contributed by atoms with Crippen LogP contribution < -0.4 is 4.90 Å². The number of nitrogens with zero attached hydrogens (tertiary/aromatic N) is 2. The number of benzene rings is 1. The van der Waals surface area contributed by atoms with Crippen molar-refractivity contribution in [2.45, 2.75) is 44.6 Å². The van der Waals surface area contributed by atoms with E-state index in [0.717, 1.165) is 6.42 Å². The van der Waals surface area contributed by atoms with Crippen LogP contribution in [0.1, 0.15) is 38.7 Å². The zero-order chi connectivity index (χ0) is 19.3. The Balaban J connectivity index is 1.49. The van der Waals surface area contributed by atoms with Crippen LogP contribution in [0.5, 0.6) is 0 Å². The highest BCUT2D eigenvalue weighted by atomic mass is 19.1. The Kier molecular flexibility index (Phi) is 4.20. The number of hydrogen-bond acceptors (Lipinski definition) is 4. The van der Waals surface area contributed by atoms with E-state index in [-0.39, 0.29) is 29.0 Å². The fourth-order valence-corrected chi connectivity index (χ4v) is 4.46. The number of likely N-dealkylation sites (tertiary alicyclic amines) is 1. The van der Waals surface area contributed by atoms with Gasteiger partial charge in [-0.25, -0.2) is 9.18 Å². The lowest BCUT2D eigenvalue weighted by molar-refractivity contribution is -0.128. The van der Waals surface area contributed by atoms with Crippen LogP contribution in [0.2, 0.25) is 0 Å². The van der Waals surface area contributed by atoms with Gasteiger partial charge in [0, 0.05) is 31.8 Å². The van der Waals surface area contributed by atoms with Crippen molar-refractivity contribution in [3.8, 4) is 0 Å². The lowest BCUT2D eigenvalue weighted by Crippen LogP contribution is -2.31. The summed E-state index contributed by atoms with van der Waals surface area (Å²) in [6.45, 7) is 4.61. The number of hydrogen-bond donors (Lipinski definition) is 0. The molecule has 1 saturated carbocycles. The average molecular weight is 374 g/mol. The van der Waals surface area contributed by atoms with E-state index >= 15 is 0 Å². The summed E-state index contributed by atoms with van der Waals surface area (Å²) >= 11 is 0. The van der Waals surface area contributed by atoms with Gasteiger partial charge in [0.25, 0.3) is 0 Å². The van der Waals surface area contributed by atoms with E-state index in [2.05, 4.69) is 0 Å². The summed E-state index contributed by atoms with van der Waals surface area (Å²) in [5.41, 5.74) is 0.811. The lowest BCUT2D eigenvalue weighted by atomic mass is 9.94. The fourth-order valence-electron chi connectivity index (χ4n) is 4.46. The van der Waals surface area contributed by atoms with Crippen LogP contribution in [0.4, 0.5) is 14.9 Å². The van der Waals surface area contributed by atoms with Crippen LogP contribution in [-0.4, -0.2) is 48.4 Å². The van der Waals surface area contributed by atoms with Crippen molar-refractivity contribution in [3.63, 3.8) is 0 Å². The molecule has 0 aromatic heterocycles. The molecule has 2 saturated heterocycles. The van der Waals surface area contributed by atoms with Crippen LogP contribution in [0.3, 0.4) is 0 Å². The average Bonchev–Trinajstić information content (AvgIpc) is 2.97. The molecule has 0 bridgehead atoms. The number of ketones is 1. The van der Waals surface area contributed by atoms with Crippen molar-refractivity contribution < 1.29 is 23.5 Å². The number of piperidine rings is 1. The molecule has 2 unspecified atom stereocenters. The first-order valence-electron chi connectivity index (χ1n) is 9.33. The van der Waals surface area contributed by atoms with E-state index in [0.29, 0.717) is 49.6 Å². The fraction of sp³-hybridized carbons (Fsp3) is 0.550. The molecule has 4 rings (SSSR count). The van der Waals surface area contributed by atoms with Crippen molar-refractivity contribution in [3.05, 3.63) is 29.6 Å². The van der Waals surface area contributed by atoms with Crippen molar-refractivity contribution in [2.75, 3.05) is 24.5 Å². The number of amides is 2. The quantitative estimate of drug-likeness (QED) is 0.795. The third-order valence-corrected chi connectivity index (χ3v) is 6.08. The van der Waals surface area contributed by atoms with E-state index in [1.54, 1.807) is 24.0 Å². The molecular formula is C20H23FN2O4. The summed E-state index contributed by atoms with van der Waals surface area (Å²) in [6.07, 6.45) is 0.863. The Labute approximate surface area is 157 Å². The smallest absolute Gasteiger partial charge is 0.414 e. The van der Waals surface area contributed by atoms with Gasteiger partial charge < -0.3 is 14.4 Å². The summed E-state index contributed by atoms with van der Waals surface area (Å²) in [6, 6.07) is 4.86. The van der Waals surface area contributed by atoms with Crippen LogP contribution in [0, 0.1) is 11.7 Å². The van der Waals surface area contributed by atoms with Gasteiger partial charge in [-0.15, -0.1) is 0 Å². The van der Waals surface area contributed by atoms with Gasteiger partial charge in [-0.05, 0) is 43.4 Å². The molecule has 3 atom stereocenters. The number of ether oxygens (including phenoxy) is 1. The molecule has 2 amide bonds. The molecule has 27 heavy (non-hydrogen) atoms. The maximum atomic E-state index is 14.9. The number of halogens is 1. The minimum absolute atomic E-state index is 0.0232. The van der Waals surface area contributed by atoms with Crippen molar-refractivity contribution in [1.82, 2.24) is 4.90 Å². The molecule has 0 N–H and O–H groups in total. The first-order chi connectivity index (χ1) is 12.8. The predicted octanol–water partition coefficient (Wildman–Crippen LogP) is 2.64. The third kappa shape index (κ3) is 3.09. The molecule has 1 aromatic rings. The number of anilines is 1. The highest BCUT2D eigenvalue weighted by molar-refractivity contribution is 5.90. The SMILES string of the molecule is CC(=O)CC[C@H]1CN(c2ccc(C34CC3CN(C(C)=O)C4)c(F)c2)C(=O)O1. The third-order valence-electron chi connectivity index (χ3n) is 6.08. The molecule has 3 aliphatic rings. The van der Waals surface area contributed by atoms with Gasteiger partial charge in [0.1, 0.15) is 17.7 Å². The van der Waals surface area contributed by atoms with Gasteiger partial charge in [-0.2, -0.15) is 0 Å². The maximum absolute atomic E-state index is 14.9. The molecule has 7 heteroatoms. The largest absolute Gasteiger partial charge is 0.444 e. The summed E-state index contributed by atoms with van der Waals surface area (Å²) in [7, 11) is 0. The Morgan fingerprint density at radius 2 is 2.07 bits per heavy atom. The Bertz CT molecular complexity index is 826. The lowest BCUT2D eigenvalue weighted by Gasteiger charge is -2.21. The molecule has 1 aromatic carbocycles. The second-order valence-corrected chi connectivity index (χ2v) is 7.98. The van der Waals surface area contributed by atoms with Gasteiger partial charge in [-0.1, -0.05) is 6.07 Å². The summed E-state index contributed by atoms with van der Waals surface area (Å²) < 4.78 is 20.2. The zero-order valence-corrected chi connectivity index (χ0v) is 15.5. The summed E-state index contributed by atoms with van der Waals surface area (Å²) in [5.74, 6) is 0.0409. The topological polar surface area (TPSA) is 66.9 Å². The first-order valence-corrected chi connectivity index (χ1v) is 9.33. The van der Waals surface area contributed by atoms with Crippen molar-refractivity contribution >= 4 is 23.5 Å². The molecule has 0 spiro atoms. The van der Waals surface area contributed by atoms with Gasteiger partial charge in [0.05, 0.1) is 12.2 Å². The number of carbonyl (C=O) groups excluding carboxylic acids is 3. The molecule has 144 valence electrons. The van der Waals surface area contributed by atoms with Gasteiger partial charge in [0.2, 0.25) is 5.91 Å². The second-order valence-electron chi connectivity index (χ2n) is 7.98. The Hall–Kier alpha value is -2.44. The van der Waals surface area contributed by atoms with Crippen LogP contribution in [0.25, 0.3) is 0 Å². The normalized spacial score (nSPS) is 28.9. The summed E-state index contributed by atoms with van der Waals surface area (Å²) in [5, 5.41) is 0. The second kappa shape index (κ2) is 6.32. The van der Waals surface area contributed by atoms with E-state index in [4.69, 9.17) is 4.74 Å². The monoisotopic (exact) mass is 374 g/mol. The molecule has 3 fully saturated rings. The van der Waals surface area contributed by atoms with Crippen LogP contribution in [-0.2, 0) is 19.7 Å². The minimum atomic E-state index is -0.512. The van der Waals surface area contributed by atoms with Gasteiger partial charge in [0.15, 0.2) is 0 Å². The van der Waals surface area contributed by atoms with Crippen molar-refractivity contribution in [2.24, 2.45) is 5.92 Å². The van der Waals surface area contributed by atoms with Crippen LogP contribution in [0.15, 0.2) is 18.2 Å². The van der Waals surface area contributed by atoms with E-state index in [9.17, 15) is 18.8 Å². The Morgan fingerprint density at radius 3 is 2.70 bits per heavy atom. The number of cyclic esters (lactones) is 1. The highest BCUT2D eigenvalue weighted by Crippen LogP contribution is 2.59. The zero-order valence-electron chi connectivity index (χ0n) is 15.5. The van der Waals surface area contributed by atoms with Crippen LogP contribution >= 0.6 is 0 Å². The minimum Gasteiger partial charge on any atom is -0.444 e. The molecule has 0 radical (unpaired) electrons. The summed E-state index contributed by atoms with van der Waals surface area (Å²) in [4.78, 5) is 38.0. The van der Waals surface area contributed by atoms with Gasteiger partial charge in [-0.3, -0.25) is 9.69 Å². The number of carbonyl (C=O) groups is 3. The standard InChI is InChI=1S/C20H23FN2O4/c1-12(24)3-5-16-10-23(19(26)27-16)15-4-6-17(18(21)7-15)20-8-14(20)9-22(11-20)13(2)25/h4,6-7,14,16H,3,5,8-11H2,1-2H3/t14?,16-,20?/m0/s1. The highest BCUT2D eigenvalue weighted by Gasteiger charge is 2.62. The van der Waals surface area contributed by atoms with E-state index in [1.807, 2.05) is 0 Å². The molecule has 2 aliphatic heterocycles. The van der Waals surface area contributed by atoms with Gasteiger partial charge >= 0.3 is 6.09 Å². The Morgan fingerprint density at radius 1 is 1.30 bits per heavy atom. The number of rotatable bonds is 5. The number of Topliss-reactive ketones (excluding diaryl/α,β-unsaturated/α-hetero) is 1. The van der Waals surface area contributed by atoms with E-state index in [1.165, 1.54) is 17.9 Å². The maximum Gasteiger partial charge on any atom is 0.414 e. The van der Waals surface area contributed by atoms with E-state index < -0.39 is 6.09 Å².